The molecule has 3 heteroatoms. The monoisotopic (exact) mass is 244 g/mol. The van der Waals surface area contributed by atoms with Crippen LogP contribution < -0.4 is 5.32 Å². The van der Waals surface area contributed by atoms with Crippen LogP contribution in [0.15, 0.2) is 24.3 Å². The maximum absolute atomic E-state index is 12.4. The van der Waals surface area contributed by atoms with Gasteiger partial charge in [0.2, 0.25) is 0 Å². The van der Waals surface area contributed by atoms with Crippen LogP contribution in [0, 0.1) is 12.3 Å². The van der Waals surface area contributed by atoms with Crippen molar-refractivity contribution in [1.82, 2.24) is 10.2 Å². The van der Waals surface area contributed by atoms with Gasteiger partial charge in [-0.1, -0.05) is 17.7 Å². The van der Waals surface area contributed by atoms with Crippen molar-refractivity contribution in [2.24, 2.45) is 5.41 Å². The van der Waals surface area contributed by atoms with Gasteiger partial charge in [-0.25, -0.2) is 0 Å². The Morgan fingerprint density at radius 3 is 3.00 bits per heavy atom. The number of amides is 1. The molecule has 0 aliphatic carbocycles. The summed E-state index contributed by atoms with van der Waals surface area (Å²) in [6, 6.07) is 7.90. The van der Waals surface area contributed by atoms with E-state index in [-0.39, 0.29) is 5.91 Å². The Bertz CT molecular complexity index is 463. The van der Waals surface area contributed by atoms with Gasteiger partial charge >= 0.3 is 0 Å². The van der Waals surface area contributed by atoms with Crippen molar-refractivity contribution < 1.29 is 4.79 Å². The second kappa shape index (κ2) is 4.39. The molecule has 1 aromatic rings. The van der Waals surface area contributed by atoms with Crippen LogP contribution in [0.5, 0.6) is 0 Å². The van der Waals surface area contributed by atoms with Crippen molar-refractivity contribution in [2.45, 2.75) is 19.8 Å². The Morgan fingerprint density at radius 2 is 2.28 bits per heavy atom. The fourth-order valence-corrected chi connectivity index (χ4v) is 3.21. The van der Waals surface area contributed by atoms with Crippen LogP contribution in [0.25, 0.3) is 0 Å². The average molecular weight is 244 g/mol. The summed E-state index contributed by atoms with van der Waals surface area (Å²) in [6.07, 6.45) is 2.36. The molecule has 0 aromatic heterocycles. The Hall–Kier alpha value is -1.35. The highest BCUT2D eigenvalue weighted by Crippen LogP contribution is 2.36. The molecule has 3 nitrogen and oxygen atoms in total. The first-order chi connectivity index (χ1) is 8.69. The van der Waals surface area contributed by atoms with Crippen molar-refractivity contribution >= 4 is 5.91 Å². The smallest absolute Gasteiger partial charge is 0.253 e. The predicted molar refractivity (Wildman–Crippen MR) is 71.6 cm³/mol. The van der Waals surface area contributed by atoms with E-state index in [1.807, 2.05) is 36.1 Å². The molecule has 1 atom stereocenters. The molecule has 1 aromatic carbocycles. The lowest BCUT2D eigenvalue weighted by Crippen LogP contribution is -2.33. The van der Waals surface area contributed by atoms with Crippen LogP contribution in [-0.4, -0.2) is 37.0 Å². The summed E-state index contributed by atoms with van der Waals surface area (Å²) in [5.41, 5.74) is 2.34. The number of likely N-dealkylation sites (tertiary alicyclic amines) is 1. The molecule has 96 valence electrons. The number of carbonyl (C=O) groups excluding carboxylic acids is 1. The molecule has 2 heterocycles. The van der Waals surface area contributed by atoms with Gasteiger partial charge in [-0.3, -0.25) is 4.79 Å². The maximum Gasteiger partial charge on any atom is 0.253 e. The molecule has 1 spiro atoms. The largest absolute Gasteiger partial charge is 0.338 e. The minimum atomic E-state index is 0.197. The van der Waals surface area contributed by atoms with E-state index in [9.17, 15) is 4.79 Å². The summed E-state index contributed by atoms with van der Waals surface area (Å²) in [5, 5.41) is 3.43. The van der Waals surface area contributed by atoms with Gasteiger partial charge in [0.05, 0.1) is 0 Å². The number of carbonyl (C=O) groups is 1. The number of hydrogen-bond acceptors (Lipinski definition) is 2. The SMILES string of the molecule is Cc1cccc(C(=O)N2CCC3(CCNC3)C2)c1. The minimum absolute atomic E-state index is 0.197. The Morgan fingerprint density at radius 1 is 1.39 bits per heavy atom. The summed E-state index contributed by atoms with van der Waals surface area (Å²) >= 11 is 0. The quantitative estimate of drug-likeness (QED) is 0.817. The van der Waals surface area contributed by atoms with E-state index in [1.165, 1.54) is 6.42 Å². The molecule has 2 aliphatic heterocycles. The van der Waals surface area contributed by atoms with E-state index in [1.54, 1.807) is 0 Å². The van der Waals surface area contributed by atoms with Crippen LogP contribution in [0.3, 0.4) is 0 Å². The molecule has 3 rings (SSSR count). The maximum atomic E-state index is 12.4. The molecule has 18 heavy (non-hydrogen) atoms. The van der Waals surface area contributed by atoms with E-state index in [0.29, 0.717) is 5.41 Å². The van der Waals surface area contributed by atoms with Crippen molar-refractivity contribution in [1.29, 1.82) is 0 Å². The third-order valence-corrected chi connectivity index (χ3v) is 4.32. The summed E-state index contributed by atoms with van der Waals surface area (Å²) in [5.74, 6) is 0.197. The van der Waals surface area contributed by atoms with Crippen molar-refractivity contribution in [3.05, 3.63) is 35.4 Å². The third kappa shape index (κ3) is 2.03. The van der Waals surface area contributed by atoms with Gasteiger partial charge in [0, 0.05) is 30.6 Å². The van der Waals surface area contributed by atoms with E-state index < -0.39 is 0 Å². The van der Waals surface area contributed by atoms with Gasteiger partial charge in [0.15, 0.2) is 0 Å². The summed E-state index contributed by atoms with van der Waals surface area (Å²) in [4.78, 5) is 14.5. The molecule has 1 N–H and O–H groups in total. The first-order valence-corrected chi connectivity index (χ1v) is 6.75. The van der Waals surface area contributed by atoms with Crippen LogP contribution in [-0.2, 0) is 0 Å². The lowest BCUT2D eigenvalue weighted by molar-refractivity contribution is 0.0775. The lowest BCUT2D eigenvalue weighted by Gasteiger charge is -2.22. The molecule has 2 aliphatic rings. The van der Waals surface area contributed by atoms with Crippen LogP contribution >= 0.6 is 0 Å². The fraction of sp³-hybridized carbons (Fsp3) is 0.533. The highest BCUT2D eigenvalue weighted by atomic mass is 16.2. The summed E-state index contributed by atoms with van der Waals surface area (Å²) in [6.45, 7) is 6.04. The van der Waals surface area contributed by atoms with Gasteiger partial charge in [-0.05, 0) is 38.4 Å². The van der Waals surface area contributed by atoms with Gasteiger partial charge < -0.3 is 10.2 Å². The van der Waals surface area contributed by atoms with Crippen LogP contribution in [0.4, 0.5) is 0 Å². The van der Waals surface area contributed by atoms with Gasteiger partial charge in [-0.15, -0.1) is 0 Å². The lowest BCUT2D eigenvalue weighted by atomic mass is 9.86. The van der Waals surface area contributed by atoms with Crippen LogP contribution in [0.2, 0.25) is 0 Å². The Kier molecular flexibility index (Phi) is 2.86. The molecule has 2 fully saturated rings. The molecule has 1 amide bonds. The second-order valence-corrected chi connectivity index (χ2v) is 5.77. The van der Waals surface area contributed by atoms with Crippen molar-refractivity contribution in [3.8, 4) is 0 Å². The van der Waals surface area contributed by atoms with Gasteiger partial charge in [0.1, 0.15) is 0 Å². The highest BCUT2D eigenvalue weighted by molar-refractivity contribution is 5.94. The zero-order valence-electron chi connectivity index (χ0n) is 10.9. The van der Waals surface area contributed by atoms with Crippen molar-refractivity contribution in [3.63, 3.8) is 0 Å². The Balaban J connectivity index is 1.74. The number of rotatable bonds is 1. The predicted octanol–water partition coefficient (Wildman–Crippen LogP) is 1.82. The summed E-state index contributed by atoms with van der Waals surface area (Å²) in [7, 11) is 0. The molecule has 1 unspecified atom stereocenters. The number of hydrogen-bond donors (Lipinski definition) is 1. The van der Waals surface area contributed by atoms with E-state index in [2.05, 4.69) is 5.32 Å². The zero-order valence-corrected chi connectivity index (χ0v) is 10.9. The zero-order chi connectivity index (χ0) is 12.6. The standard InChI is InChI=1S/C15H20N2O/c1-12-3-2-4-13(9-12)14(18)17-8-6-15(11-17)5-7-16-10-15/h2-4,9,16H,5-8,10-11H2,1H3. The Labute approximate surface area is 108 Å². The normalized spacial score (nSPS) is 27.1. The van der Waals surface area contributed by atoms with Gasteiger partial charge in [0.25, 0.3) is 5.91 Å². The topological polar surface area (TPSA) is 32.3 Å². The van der Waals surface area contributed by atoms with Crippen molar-refractivity contribution in [2.75, 3.05) is 26.2 Å². The second-order valence-electron chi connectivity index (χ2n) is 5.77. The minimum Gasteiger partial charge on any atom is -0.338 e. The number of aryl methyl sites for hydroxylation is 1. The van der Waals surface area contributed by atoms with E-state index in [4.69, 9.17) is 0 Å². The number of nitrogens with zero attached hydrogens (tertiary/aromatic N) is 1. The first kappa shape index (κ1) is 11.7. The molecule has 0 bridgehead atoms. The molecule has 2 saturated heterocycles. The molecule has 0 saturated carbocycles. The number of benzene rings is 1. The number of nitrogens with one attached hydrogen (secondary N) is 1. The van der Waals surface area contributed by atoms with E-state index >= 15 is 0 Å². The molecule has 0 radical (unpaired) electrons. The first-order valence-electron chi connectivity index (χ1n) is 6.75. The summed E-state index contributed by atoms with van der Waals surface area (Å²) < 4.78 is 0. The molecular formula is C15H20N2O. The highest BCUT2D eigenvalue weighted by Gasteiger charge is 2.41. The van der Waals surface area contributed by atoms with E-state index in [0.717, 1.165) is 43.7 Å². The fourth-order valence-electron chi connectivity index (χ4n) is 3.21. The van der Waals surface area contributed by atoms with Gasteiger partial charge in [-0.2, -0.15) is 0 Å². The third-order valence-electron chi connectivity index (χ3n) is 4.32. The molecular weight excluding hydrogens is 224 g/mol. The van der Waals surface area contributed by atoms with Crippen LogP contribution in [0.1, 0.15) is 28.8 Å². The average Bonchev–Trinajstić information content (AvgIpc) is 3.00.